The van der Waals surface area contributed by atoms with Crippen LogP contribution >= 0.6 is 27.3 Å². The van der Waals surface area contributed by atoms with Crippen LogP contribution in [0.3, 0.4) is 0 Å². The molecule has 2 nitrogen and oxygen atoms in total. The maximum Gasteiger partial charge on any atom is 0.261 e. The molecule has 1 unspecified atom stereocenters. The Labute approximate surface area is 102 Å². The van der Waals surface area contributed by atoms with Gasteiger partial charge in [0.1, 0.15) is 0 Å². The van der Waals surface area contributed by atoms with Gasteiger partial charge in [-0.3, -0.25) is 4.79 Å². The van der Waals surface area contributed by atoms with Crippen molar-refractivity contribution in [2.24, 2.45) is 0 Å². The highest BCUT2D eigenvalue weighted by molar-refractivity contribution is 9.09. The fourth-order valence-electron chi connectivity index (χ4n) is 1.76. The Morgan fingerprint density at radius 1 is 1.67 bits per heavy atom. The number of fused-ring (bicyclic) bond motifs is 1. The van der Waals surface area contributed by atoms with Crippen LogP contribution in [0.15, 0.2) is 6.07 Å². The third-order valence-electron chi connectivity index (χ3n) is 2.51. The molecule has 0 fully saturated rings. The minimum absolute atomic E-state index is 0.0701. The summed E-state index contributed by atoms with van der Waals surface area (Å²) in [4.78, 5) is 14.3. The SMILES string of the molecule is CC(Br)CNC(=O)c1cc2c(s1)CCC2. The third-order valence-corrected chi connectivity index (χ3v) is 4.07. The molecule has 1 aliphatic rings. The predicted molar refractivity (Wildman–Crippen MR) is 67.1 cm³/mol. The molecule has 0 bridgehead atoms. The maximum absolute atomic E-state index is 11.7. The molecule has 1 N–H and O–H groups in total. The molecule has 1 heterocycles. The van der Waals surface area contributed by atoms with Crippen molar-refractivity contribution in [1.82, 2.24) is 5.32 Å². The molecule has 0 radical (unpaired) electrons. The number of alkyl halides is 1. The minimum Gasteiger partial charge on any atom is -0.350 e. The molecule has 4 heteroatoms. The van der Waals surface area contributed by atoms with Gasteiger partial charge in [-0.1, -0.05) is 22.9 Å². The van der Waals surface area contributed by atoms with Gasteiger partial charge in [-0.05, 0) is 30.9 Å². The zero-order chi connectivity index (χ0) is 10.8. The van der Waals surface area contributed by atoms with Gasteiger partial charge in [-0.2, -0.15) is 0 Å². The number of halogens is 1. The Hall–Kier alpha value is -0.350. The number of aryl methyl sites for hydroxylation is 2. The largest absolute Gasteiger partial charge is 0.350 e. The Kier molecular flexibility index (Phi) is 3.46. The summed E-state index contributed by atoms with van der Waals surface area (Å²) in [6, 6.07) is 2.06. The second kappa shape index (κ2) is 4.66. The van der Waals surface area contributed by atoms with E-state index < -0.39 is 0 Å². The lowest BCUT2D eigenvalue weighted by Gasteiger charge is -2.04. The van der Waals surface area contributed by atoms with Crippen LogP contribution in [0.4, 0.5) is 0 Å². The standard InChI is InChI=1S/C11H14BrNOS/c1-7(12)6-13-11(14)10-5-8-3-2-4-9(8)15-10/h5,7H,2-4,6H2,1H3,(H,13,14). The van der Waals surface area contributed by atoms with Crippen molar-refractivity contribution in [2.75, 3.05) is 6.54 Å². The average Bonchev–Trinajstić information content (AvgIpc) is 2.72. The van der Waals surface area contributed by atoms with Crippen LogP contribution in [0.1, 0.15) is 33.5 Å². The van der Waals surface area contributed by atoms with Crippen molar-refractivity contribution in [2.45, 2.75) is 31.0 Å². The molecule has 1 amide bonds. The van der Waals surface area contributed by atoms with E-state index in [1.165, 1.54) is 16.9 Å². The van der Waals surface area contributed by atoms with Crippen molar-refractivity contribution in [3.8, 4) is 0 Å². The van der Waals surface area contributed by atoms with Crippen molar-refractivity contribution in [1.29, 1.82) is 0 Å². The minimum atomic E-state index is 0.0701. The summed E-state index contributed by atoms with van der Waals surface area (Å²) >= 11 is 5.06. The normalized spacial score (nSPS) is 16.1. The Balaban J connectivity index is 2.00. The molecule has 0 saturated carbocycles. The topological polar surface area (TPSA) is 29.1 Å². The maximum atomic E-state index is 11.7. The highest BCUT2D eigenvalue weighted by atomic mass is 79.9. The van der Waals surface area contributed by atoms with Crippen LogP contribution in [0.2, 0.25) is 0 Å². The van der Waals surface area contributed by atoms with E-state index in [9.17, 15) is 4.79 Å². The van der Waals surface area contributed by atoms with Crippen molar-refractivity contribution < 1.29 is 4.79 Å². The first-order chi connectivity index (χ1) is 7.16. The lowest BCUT2D eigenvalue weighted by molar-refractivity contribution is 0.0958. The van der Waals surface area contributed by atoms with E-state index in [-0.39, 0.29) is 5.91 Å². The van der Waals surface area contributed by atoms with Gasteiger partial charge in [0.25, 0.3) is 5.91 Å². The molecule has 15 heavy (non-hydrogen) atoms. The lowest BCUT2D eigenvalue weighted by atomic mass is 10.2. The summed E-state index contributed by atoms with van der Waals surface area (Å²) in [5.74, 6) is 0.0701. The third kappa shape index (κ3) is 2.61. The highest BCUT2D eigenvalue weighted by Crippen LogP contribution is 2.30. The zero-order valence-electron chi connectivity index (χ0n) is 8.68. The van der Waals surface area contributed by atoms with Crippen molar-refractivity contribution in [3.63, 3.8) is 0 Å². The smallest absolute Gasteiger partial charge is 0.261 e. The number of carbonyl (C=O) groups is 1. The van der Waals surface area contributed by atoms with E-state index in [2.05, 4.69) is 27.3 Å². The summed E-state index contributed by atoms with van der Waals surface area (Å²) in [7, 11) is 0. The first kappa shape index (κ1) is 11.1. The molecule has 1 aromatic heterocycles. The molecule has 1 atom stereocenters. The molecule has 1 aromatic rings. The van der Waals surface area contributed by atoms with Gasteiger partial charge >= 0.3 is 0 Å². The lowest BCUT2D eigenvalue weighted by Crippen LogP contribution is -2.27. The molecule has 2 rings (SSSR count). The van der Waals surface area contributed by atoms with Gasteiger partial charge in [-0.15, -0.1) is 11.3 Å². The van der Waals surface area contributed by atoms with Crippen LogP contribution in [0.5, 0.6) is 0 Å². The van der Waals surface area contributed by atoms with Gasteiger partial charge in [0.15, 0.2) is 0 Å². The van der Waals surface area contributed by atoms with E-state index in [0.29, 0.717) is 11.4 Å². The quantitative estimate of drug-likeness (QED) is 0.851. The molecule has 82 valence electrons. The predicted octanol–water partition coefficient (Wildman–Crippen LogP) is 2.75. The van der Waals surface area contributed by atoms with Crippen LogP contribution in [0, 0.1) is 0 Å². The molecule has 0 saturated heterocycles. The summed E-state index contributed by atoms with van der Waals surface area (Å²) < 4.78 is 0. The van der Waals surface area contributed by atoms with E-state index in [4.69, 9.17) is 0 Å². The molecule has 0 aliphatic heterocycles. The van der Waals surface area contributed by atoms with Crippen LogP contribution in [0.25, 0.3) is 0 Å². The first-order valence-corrected chi connectivity index (χ1v) is 6.94. The van der Waals surface area contributed by atoms with Gasteiger partial charge in [0.2, 0.25) is 0 Å². The molecule has 0 spiro atoms. The second-order valence-corrected chi connectivity index (χ2v) is 6.60. The summed E-state index contributed by atoms with van der Waals surface area (Å²) in [5, 5.41) is 2.91. The number of amides is 1. The van der Waals surface area contributed by atoms with Crippen LogP contribution in [-0.4, -0.2) is 17.3 Å². The zero-order valence-corrected chi connectivity index (χ0v) is 11.1. The molecule has 0 aromatic carbocycles. The van der Waals surface area contributed by atoms with Crippen molar-refractivity contribution >= 4 is 33.2 Å². The highest BCUT2D eigenvalue weighted by Gasteiger charge is 2.18. The summed E-state index contributed by atoms with van der Waals surface area (Å²) in [6.07, 6.45) is 3.55. The first-order valence-electron chi connectivity index (χ1n) is 5.20. The van der Waals surface area contributed by atoms with Crippen LogP contribution < -0.4 is 5.32 Å². The fraction of sp³-hybridized carbons (Fsp3) is 0.545. The van der Waals surface area contributed by atoms with Crippen molar-refractivity contribution in [3.05, 3.63) is 21.4 Å². The number of nitrogens with one attached hydrogen (secondary N) is 1. The van der Waals surface area contributed by atoms with E-state index in [1.807, 2.05) is 6.92 Å². The summed E-state index contributed by atoms with van der Waals surface area (Å²) in [6.45, 7) is 2.70. The number of rotatable bonds is 3. The monoisotopic (exact) mass is 287 g/mol. The van der Waals surface area contributed by atoms with Gasteiger partial charge < -0.3 is 5.32 Å². The Bertz CT molecular complexity index is 351. The van der Waals surface area contributed by atoms with Gasteiger partial charge in [-0.25, -0.2) is 0 Å². The fourth-order valence-corrected chi connectivity index (χ4v) is 3.09. The van der Waals surface area contributed by atoms with E-state index in [0.717, 1.165) is 17.7 Å². The molecule has 1 aliphatic carbocycles. The summed E-state index contributed by atoms with van der Waals surface area (Å²) in [5.41, 5.74) is 1.39. The van der Waals surface area contributed by atoms with Gasteiger partial charge in [0.05, 0.1) is 4.88 Å². The Morgan fingerprint density at radius 3 is 3.13 bits per heavy atom. The van der Waals surface area contributed by atoms with E-state index in [1.54, 1.807) is 11.3 Å². The number of carbonyl (C=O) groups excluding carboxylic acids is 1. The molecular formula is C11H14BrNOS. The number of thiophene rings is 1. The second-order valence-electron chi connectivity index (χ2n) is 3.90. The number of hydrogen-bond acceptors (Lipinski definition) is 2. The van der Waals surface area contributed by atoms with Crippen LogP contribution in [-0.2, 0) is 12.8 Å². The van der Waals surface area contributed by atoms with E-state index >= 15 is 0 Å². The number of hydrogen-bond donors (Lipinski definition) is 1. The van der Waals surface area contributed by atoms with Gasteiger partial charge in [0, 0.05) is 16.2 Å². The molecular weight excluding hydrogens is 274 g/mol. The average molecular weight is 288 g/mol. The Morgan fingerprint density at radius 2 is 2.47 bits per heavy atom.